The average Bonchev–Trinajstić information content (AvgIpc) is 2.89. The zero-order valence-corrected chi connectivity index (χ0v) is 15.7. The van der Waals surface area contributed by atoms with E-state index in [0.29, 0.717) is 24.8 Å². The molecule has 3 atom stereocenters. The Bertz CT molecular complexity index is 663. The number of carbonyl (C=O) groups excluding carboxylic acids is 2. The molecule has 2 fully saturated rings. The summed E-state index contributed by atoms with van der Waals surface area (Å²) in [6.45, 7) is 10.7. The molecule has 1 aromatic carbocycles. The summed E-state index contributed by atoms with van der Waals surface area (Å²) in [5.41, 5.74) is 3.31. The van der Waals surface area contributed by atoms with Gasteiger partial charge in [-0.25, -0.2) is 4.79 Å². The van der Waals surface area contributed by atoms with Crippen molar-refractivity contribution >= 4 is 17.6 Å². The van der Waals surface area contributed by atoms with Crippen molar-refractivity contribution < 1.29 is 9.59 Å². The van der Waals surface area contributed by atoms with E-state index in [-0.39, 0.29) is 18.0 Å². The zero-order chi connectivity index (χ0) is 18.1. The first-order valence-electron chi connectivity index (χ1n) is 9.26. The van der Waals surface area contributed by atoms with Gasteiger partial charge in [-0.05, 0) is 55.4 Å². The van der Waals surface area contributed by atoms with Crippen LogP contribution in [0.2, 0.25) is 0 Å². The van der Waals surface area contributed by atoms with E-state index in [0.717, 1.165) is 18.8 Å². The van der Waals surface area contributed by atoms with Gasteiger partial charge < -0.3 is 15.1 Å². The summed E-state index contributed by atoms with van der Waals surface area (Å²) in [6.07, 6.45) is 1.55. The summed E-state index contributed by atoms with van der Waals surface area (Å²) in [7, 11) is 0. The number of piperidine rings is 1. The second kappa shape index (κ2) is 7.06. The maximum atomic E-state index is 12.6. The lowest BCUT2D eigenvalue weighted by Gasteiger charge is -2.35. The SMILES string of the molecule is Cc1ccc(N2C[C@@H](NC(=O)N3C[C@@H](C)C[C@H](C)C3)CC2=O)cc1C. The lowest BCUT2D eigenvalue weighted by Crippen LogP contribution is -2.50. The molecule has 3 rings (SSSR count). The maximum Gasteiger partial charge on any atom is 0.317 e. The van der Waals surface area contributed by atoms with E-state index >= 15 is 0 Å². The molecule has 0 radical (unpaired) electrons. The first-order chi connectivity index (χ1) is 11.8. The maximum absolute atomic E-state index is 12.6. The number of rotatable bonds is 2. The van der Waals surface area contributed by atoms with Crippen LogP contribution in [0.4, 0.5) is 10.5 Å². The van der Waals surface area contributed by atoms with Gasteiger partial charge in [0.1, 0.15) is 0 Å². The standard InChI is InChI=1S/C20H29N3O2/c1-13-7-14(2)11-22(10-13)20(25)21-17-9-19(24)23(12-17)18-6-5-15(3)16(4)8-18/h5-6,8,13-14,17H,7,9-12H2,1-4H3,(H,21,25)/t13-,14-,17-/m0/s1. The smallest absolute Gasteiger partial charge is 0.317 e. The Morgan fingerprint density at radius 3 is 2.40 bits per heavy atom. The number of nitrogens with zero attached hydrogens (tertiary/aromatic N) is 2. The van der Waals surface area contributed by atoms with Gasteiger partial charge in [-0.15, -0.1) is 0 Å². The number of aryl methyl sites for hydroxylation is 2. The van der Waals surface area contributed by atoms with Crippen LogP contribution in [0.5, 0.6) is 0 Å². The third-order valence-electron chi connectivity index (χ3n) is 5.41. The lowest BCUT2D eigenvalue weighted by molar-refractivity contribution is -0.117. The molecule has 1 aromatic rings. The monoisotopic (exact) mass is 343 g/mol. The number of amides is 3. The number of nitrogens with one attached hydrogen (secondary N) is 1. The molecule has 25 heavy (non-hydrogen) atoms. The number of anilines is 1. The zero-order valence-electron chi connectivity index (χ0n) is 15.7. The number of urea groups is 1. The highest BCUT2D eigenvalue weighted by Crippen LogP contribution is 2.25. The summed E-state index contributed by atoms with van der Waals surface area (Å²) in [5.74, 6) is 1.15. The van der Waals surface area contributed by atoms with Crippen molar-refractivity contribution in [1.29, 1.82) is 0 Å². The van der Waals surface area contributed by atoms with Crippen molar-refractivity contribution in [1.82, 2.24) is 10.2 Å². The fraction of sp³-hybridized carbons (Fsp3) is 0.600. The van der Waals surface area contributed by atoms with Gasteiger partial charge in [-0.3, -0.25) is 4.79 Å². The van der Waals surface area contributed by atoms with Crippen molar-refractivity contribution in [3.63, 3.8) is 0 Å². The van der Waals surface area contributed by atoms with Crippen molar-refractivity contribution in [2.24, 2.45) is 11.8 Å². The van der Waals surface area contributed by atoms with Gasteiger partial charge in [0.05, 0.1) is 6.04 Å². The Morgan fingerprint density at radius 1 is 1.08 bits per heavy atom. The summed E-state index contributed by atoms with van der Waals surface area (Å²) < 4.78 is 0. The highest BCUT2D eigenvalue weighted by atomic mass is 16.2. The molecule has 3 amide bonds. The minimum Gasteiger partial charge on any atom is -0.333 e. The molecule has 2 aliphatic rings. The summed E-state index contributed by atoms with van der Waals surface area (Å²) in [5, 5.41) is 3.07. The Hall–Kier alpha value is -2.04. The molecular formula is C20H29N3O2. The highest BCUT2D eigenvalue weighted by molar-refractivity contribution is 5.97. The van der Waals surface area contributed by atoms with E-state index < -0.39 is 0 Å². The minimum atomic E-state index is -0.117. The predicted octanol–water partition coefficient (Wildman–Crippen LogP) is 3.10. The van der Waals surface area contributed by atoms with Crippen LogP contribution in [0, 0.1) is 25.7 Å². The summed E-state index contributed by atoms with van der Waals surface area (Å²) >= 11 is 0. The fourth-order valence-corrected chi connectivity index (χ4v) is 4.04. The minimum absolute atomic E-state index is 0.0295. The molecule has 2 saturated heterocycles. The van der Waals surface area contributed by atoms with Crippen LogP contribution in [-0.2, 0) is 4.79 Å². The molecule has 5 heteroatoms. The first-order valence-corrected chi connectivity index (χ1v) is 9.26. The van der Waals surface area contributed by atoms with Gasteiger partial charge in [0.2, 0.25) is 5.91 Å². The molecule has 5 nitrogen and oxygen atoms in total. The first kappa shape index (κ1) is 17.8. The van der Waals surface area contributed by atoms with Gasteiger partial charge in [0.15, 0.2) is 0 Å². The van der Waals surface area contributed by atoms with Gasteiger partial charge in [0, 0.05) is 31.7 Å². The third kappa shape index (κ3) is 3.97. The van der Waals surface area contributed by atoms with E-state index in [1.807, 2.05) is 23.1 Å². The topological polar surface area (TPSA) is 52.7 Å². The van der Waals surface area contributed by atoms with E-state index in [4.69, 9.17) is 0 Å². The Labute approximate surface area is 150 Å². The molecule has 0 aromatic heterocycles. The highest BCUT2D eigenvalue weighted by Gasteiger charge is 2.33. The quantitative estimate of drug-likeness (QED) is 0.897. The van der Waals surface area contributed by atoms with Gasteiger partial charge >= 0.3 is 6.03 Å². The van der Waals surface area contributed by atoms with Crippen molar-refractivity contribution in [3.8, 4) is 0 Å². The number of carbonyl (C=O) groups is 2. The molecule has 2 heterocycles. The van der Waals surface area contributed by atoms with Crippen LogP contribution in [-0.4, -0.2) is 42.5 Å². The second-order valence-electron chi connectivity index (χ2n) is 7.97. The fourth-order valence-electron chi connectivity index (χ4n) is 4.04. The van der Waals surface area contributed by atoms with Gasteiger partial charge in [-0.2, -0.15) is 0 Å². The van der Waals surface area contributed by atoms with Crippen LogP contribution in [0.3, 0.4) is 0 Å². The molecular weight excluding hydrogens is 314 g/mol. The summed E-state index contributed by atoms with van der Waals surface area (Å²) in [6, 6.07) is 5.93. The van der Waals surface area contributed by atoms with E-state index in [9.17, 15) is 9.59 Å². The normalized spacial score (nSPS) is 26.9. The molecule has 136 valence electrons. The largest absolute Gasteiger partial charge is 0.333 e. The molecule has 1 N–H and O–H groups in total. The Morgan fingerprint density at radius 2 is 1.76 bits per heavy atom. The van der Waals surface area contributed by atoms with Crippen molar-refractivity contribution in [2.45, 2.75) is 46.6 Å². The number of benzene rings is 1. The van der Waals surface area contributed by atoms with Crippen LogP contribution >= 0.6 is 0 Å². The van der Waals surface area contributed by atoms with Gasteiger partial charge in [0.25, 0.3) is 0 Å². The second-order valence-corrected chi connectivity index (χ2v) is 7.97. The van der Waals surface area contributed by atoms with Gasteiger partial charge in [-0.1, -0.05) is 19.9 Å². The molecule has 2 aliphatic heterocycles. The van der Waals surface area contributed by atoms with E-state index in [1.54, 1.807) is 4.90 Å². The lowest BCUT2D eigenvalue weighted by atomic mass is 9.92. The number of likely N-dealkylation sites (tertiary alicyclic amines) is 1. The number of hydrogen-bond donors (Lipinski definition) is 1. The van der Waals surface area contributed by atoms with Crippen molar-refractivity contribution in [3.05, 3.63) is 29.3 Å². The molecule has 0 aliphatic carbocycles. The molecule has 0 unspecified atom stereocenters. The molecule has 0 spiro atoms. The van der Waals surface area contributed by atoms with Crippen LogP contribution in [0.25, 0.3) is 0 Å². The van der Waals surface area contributed by atoms with Crippen molar-refractivity contribution in [2.75, 3.05) is 24.5 Å². The van der Waals surface area contributed by atoms with E-state index in [1.165, 1.54) is 17.5 Å². The average molecular weight is 343 g/mol. The Balaban J connectivity index is 1.62. The summed E-state index contributed by atoms with van der Waals surface area (Å²) in [4.78, 5) is 28.7. The Kier molecular flexibility index (Phi) is 5.02. The van der Waals surface area contributed by atoms with Crippen LogP contribution < -0.4 is 10.2 Å². The molecule has 0 bridgehead atoms. The number of hydrogen-bond acceptors (Lipinski definition) is 2. The predicted molar refractivity (Wildman–Crippen MR) is 99.7 cm³/mol. The van der Waals surface area contributed by atoms with Crippen LogP contribution in [0.15, 0.2) is 18.2 Å². The van der Waals surface area contributed by atoms with E-state index in [2.05, 4.69) is 33.0 Å². The van der Waals surface area contributed by atoms with Crippen LogP contribution in [0.1, 0.15) is 37.8 Å². The molecule has 0 saturated carbocycles. The third-order valence-corrected chi connectivity index (χ3v) is 5.41.